The second-order valence-electron chi connectivity index (χ2n) is 8.94. The second kappa shape index (κ2) is 10.0. The standard InChI is InChI=1S/C28H28N6O2S/c1-17-14-22(18(2)33(17)21-8-7-12-29-16-21)27-26(23-9-5-6-13-30-23)32-28(37)34(27)20-10-11-25(36-4)24(15-20)31-19(3)35/h5-16,26-27H,1-4H3,(H,31,35)(H,32,37)/t26-,27-/m1/s1. The molecule has 1 amide bonds. The number of aryl methyl sites for hydroxylation is 1. The Morgan fingerprint density at radius 1 is 1.08 bits per heavy atom. The van der Waals surface area contributed by atoms with Crippen molar-refractivity contribution >= 4 is 34.6 Å². The zero-order valence-corrected chi connectivity index (χ0v) is 21.9. The van der Waals surface area contributed by atoms with Gasteiger partial charge in [0.15, 0.2) is 5.11 Å². The van der Waals surface area contributed by atoms with Crippen molar-refractivity contribution < 1.29 is 9.53 Å². The summed E-state index contributed by atoms with van der Waals surface area (Å²) in [7, 11) is 1.58. The number of thiocarbonyl (C=S) groups is 1. The van der Waals surface area contributed by atoms with E-state index in [0.29, 0.717) is 16.5 Å². The number of aromatic nitrogens is 3. The Morgan fingerprint density at radius 3 is 2.59 bits per heavy atom. The number of pyridine rings is 2. The van der Waals surface area contributed by atoms with E-state index in [9.17, 15) is 4.79 Å². The zero-order chi connectivity index (χ0) is 26.1. The van der Waals surface area contributed by atoms with Gasteiger partial charge in [-0.15, -0.1) is 0 Å². The van der Waals surface area contributed by atoms with E-state index in [-0.39, 0.29) is 18.0 Å². The van der Waals surface area contributed by atoms with Crippen LogP contribution in [0.25, 0.3) is 5.69 Å². The maximum Gasteiger partial charge on any atom is 0.221 e. The smallest absolute Gasteiger partial charge is 0.221 e. The lowest BCUT2D eigenvalue weighted by Crippen LogP contribution is -2.29. The van der Waals surface area contributed by atoms with Crippen molar-refractivity contribution in [1.82, 2.24) is 19.9 Å². The van der Waals surface area contributed by atoms with Gasteiger partial charge in [0.25, 0.3) is 0 Å². The molecule has 188 valence electrons. The maximum atomic E-state index is 11.9. The molecule has 37 heavy (non-hydrogen) atoms. The van der Waals surface area contributed by atoms with Gasteiger partial charge in [0.05, 0.1) is 42.5 Å². The number of methoxy groups -OCH3 is 1. The minimum absolute atomic E-state index is 0.180. The van der Waals surface area contributed by atoms with Gasteiger partial charge in [0, 0.05) is 36.4 Å². The van der Waals surface area contributed by atoms with Crippen LogP contribution in [0.4, 0.5) is 11.4 Å². The van der Waals surface area contributed by atoms with Crippen LogP contribution in [0.2, 0.25) is 0 Å². The molecule has 0 saturated carbocycles. The maximum absolute atomic E-state index is 11.9. The number of nitrogens with zero attached hydrogens (tertiary/aromatic N) is 4. The van der Waals surface area contributed by atoms with E-state index in [1.165, 1.54) is 6.92 Å². The molecule has 2 N–H and O–H groups in total. The summed E-state index contributed by atoms with van der Waals surface area (Å²) in [5, 5.41) is 6.95. The van der Waals surface area contributed by atoms with Crippen molar-refractivity contribution in [2.75, 3.05) is 17.3 Å². The molecule has 1 aliphatic heterocycles. The summed E-state index contributed by atoms with van der Waals surface area (Å²) in [5.74, 6) is 0.394. The molecular formula is C28H28N6O2S. The van der Waals surface area contributed by atoms with Crippen LogP contribution in [0.5, 0.6) is 5.75 Å². The first kappa shape index (κ1) is 24.5. The third kappa shape index (κ3) is 4.53. The van der Waals surface area contributed by atoms with Crippen LogP contribution in [0, 0.1) is 13.8 Å². The average molecular weight is 513 g/mol. The van der Waals surface area contributed by atoms with Crippen molar-refractivity contribution in [2.45, 2.75) is 32.9 Å². The summed E-state index contributed by atoms with van der Waals surface area (Å²) in [6.45, 7) is 5.68. The molecule has 5 rings (SSSR count). The fourth-order valence-corrected chi connectivity index (χ4v) is 5.40. The summed E-state index contributed by atoms with van der Waals surface area (Å²) in [4.78, 5) is 23.0. The molecule has 0 aliphatic carbocycles. The number of nitrogens with one attached hydrogen (secondary N) is 2. The molecule has 0 spiro atoms. The summed E-state index contributed by atoms with van der Waals surface area (Å²) >= 11 is 5.90. The lowest BCUT2D eigenvalue weighted by molar-refractivity contribution is -0.114. The third-order valence-corrected chi connectivity index (χ3v) is 6.88. The Morgan fingerprint density at radius 2 is 1.92 bits per heavy atom. The molecular weight excluding hydrogens is 484 g/mol. The fraction of sp³-hybridized carbons (Fsp3) is 0.214. The van der Waals surface area contributed by atoms with Crippen LogP contribution in [-0.2, 0) is 4.79 Å². The highest BCUT2D eigenvalue weighted by molar-refractivity contribution is 7.80. The Kier molecular flexibility index (Phi) is 6.62. The van der Waals surface area contributed by atoms with E-state index in [0.717, 1.165) is 34.0 Å². The molecule has 0 radical (unpaired) electrons. The number of hydrogen-bond acceptors (Lipinski definition) is 5. The van der Waals surface area contributed by atoms with Crippen molar-refractivity contribution in [3.8, 4) is 11.4 Å². The van der Waals surface area contributed by atoms with Crippen LogP contribution >= 0.6 is 12.2 Å². The van der Waals surface area contributed by atoms with E-state index in [1.807, 2.05) is 54.7 Å². The van der Waals surface area contributed by atoms with Gasteiger partial charge in [-0.2, -0.15) is 0 Å². The van der Waals surface area contributed by atoms with Crippen LogP contribution in [0.15, 0.2) is 73.2 Å². The molecule has 1 aliphatic rings. The molecule has 9 heteroatoms. The van der Waals surface area contributed by atoms with Crippen molar-refractivity contribution in [2.24, 2.45) is 0 Å². The number of carbonyl (C=O) groups excluding carboxylic acids is 1. The predicted molar refractivity (Wildman–Crippen MR) is 148 cm³/mol. The van der Waals surface area contributed by atoms with Gasteiger partial charge in [-0.3, -0.25) is 14.8 Å². The van der Waals surface area contributed by atoms with E-state index in [2.05, 4.69) is 50.0 Å². The van der Waals surface area contributed by atoms with E-state index in [4.69, 9.17) is 17.0 Å². The highest BCUT2D eigenvalue weighted by Crippen LogP contribution is 2.45. The minimum Gasteiger partial charge on any atom is -0.495 e. The molecule has 4 aromatic rings. The van der Waals surface area contributed by atoms with Gasteiger partial charge in [-0.1, -0.05) is 6.07 Å². The van der Waals surface area contributed by atoms with E-state index >= 15 is 0 Å². The summed E-state index contributed by atoms with van der Waals surface area (Å²) in [6, 6.07) is 17.4. The molecule has 1 saturated heterocycles. The van der Waals surface area contributed by atoms with Gasteiger partial charge < -0.3 is 24.8 Å². The van der Waals surface area contributed by atoms with Crippen molar-refractivity contribution in [3.05, 3.63) is 95.8 Å². The molecule has 8 nitrogen and oxygen atoms in total. The molecule has 4 heterocycles. The van der Waals surface area contributed by atoms with Gasteiger partial charge in [-0.25, -0.2) is 0 Å². The van der Waals surface area contributed by atoms with Crippen molar-refractivity contribution in [1.29, 1.82) is 0 Å². The van der Waals surface area contributed by atoms with Gasteiger partial charge in [0.1, 0.15) is 5.75 Å². The molecule has 1 aromatic carbocycles. The second-order valence-corrected chi connectivity index (χ2v) is 9.32. The van der Waals surface area contributed by atoms with E-state index in [1.54, 1.807) is 19.5 Å². The number of benzene rings is 1. The zero-order valence-electron chi connectivity index (χ0n) is 21.1. The SMILES string of the molecule is COc1ccc(N2C(=S)N[C@H](c3ccccn3)[C@H]2c2cc(C)n(-c3cccnc3)c2C)cc1NC(C)=O. The Balaban J connectivity index is 1.68. The Labute approximate surface area is 221 Å². The minimum atomic E-state index is -0.197. The summed E-state index contributed by atoms with van der Waals surface area (Å²) in [5.41, 5.74) is 6.58. The highest BCUT2D eigenvalue weighted by Gasteiger charge is 2.42. The van der Waals surface area contributed by atoms with E-state index < -0.39 is 0 Å². The first-order chi connectivity index (χ1) is 17.9. The molecule has 0 bridgehead atoms. The van der Waals surface area contributed by atoms with Crippen LogP contribution in [0.1, 0.15) is 41.7 Å². The quantitative estimate of drug-likeness (QED) is 0.351. The van der Waals surface area contributed by atoms with Gasteiger partial charge in [-0.05, 0) is 80.2 Å². The molecule has 1 fully saturated rings. The average Bonchev–Trinajstić information content (AvgIpc) is 3.39. The normalized spacial score (nSPS) is 17.0. The first-order valence-electron chi connectivity index (χ1n) is 11.9. The third-order valence-electron chi connectivity index (χ3n) is 6.56. The topological polar surface area (TPSA) is 84.3 Å². The van der Waals surface area contributed by atoms with Crippen LogP contribution in [-0.4, -0.2) is 32.7 Å². The molecule has 2 atom stereocenters. The van der Waals surface area contributed by atoms with Crippen LogP contribution < -0.4 is 20.3 Å². The van der Waals surface area contributed by atoms with Crippen LogP contribution in [0.3, 0.4) is 0 Å². The number of hydrogen-bond donors (Lipinski definition) is 2. The number of amides is 1. The first-order valence-corrected chi connectivity index (χ1v) is 12.4. The molecule has 0 unspecified atom stereocenters. The number of ether oxygens (including phenoxy) is 1. The molecule has 3 aromatic heterocycles. The lowest BCUT2D eigenvalue weighted by Gasteiger charge is -2.29. The summed E-state index contributed by atoms with van der Waals surface area (Å²) in [6.07, 6.45) is 5.42. The Hall–Kier alpha value is -4.24. The monoisotopic (exact) mass is 512 g/mol. The highest BCUT2D eigenvalue weighted by atomic mass is 32.1. The predicted octanol–water partition coefficient (Wildman–Crippen LogP) is 5.03. The largest absolute Gasteiger partial charge is 0.495 e. The Bertz CT molecular complexity index is 1450. The number of carbonyl (C=O) groups is 1. The number of rotatable bonds is 6. The summed E-state index contributed by atoms with van der Waals surface area (Å²) < 4.78 is 7.68. The van der Waals surface area contributed by atoms with Crippen molar-refractivity contribution in [3.63, 3.8) is 0 Å². The fourth-order valence-electron chi connectivity index (χ4n) is 5.05. The van der Waals surface area contributed by atoms with Gasteiger partial charge >= 0.3 is 0 Å². The lowest BCUT2D eigenvalue weighted by atomic mass is 9.96. The number of anilines is 2. The van der Waals surface area contributed by atoms with Gasteiger partial charge in [0.2, 0.25) is 5.91 Å².